The van der Waals surface area contributed by atoms with E-state index in [1.807, 2.05) is 13.8 Å². The normalized spacial score (nSPS) is 13.2. The van der Waals surface area contributed by atoms with Crippen LogP contribution in [0.3, 0.4) is 0 Å². The van der Waals surface area contributed by atoms with Crippen molar-refractivity contribution in [3.8, 4) is 5.75 Å². The lowest BCUT2D eigenvalue weighted by atomic mass is 10.2. The molecule has 1 aromatic carbocycles. The van der Waals surface area contributed by atoms with E-state index >= 15 is 0 Å². The fourth-order valence-electron chi connectivity index (χ4n) is 2.57. The Morgan fingerprint density at radius 3 is 2.69 bits per heavy atom. The highest BCUT2D eigenvalue weighted by atomic mass is 16.6. The fourth-order valence-corrected chi connectivity index (χ4v) is 2.57. The summed E-state index contributed by atoms with van der Waals surface area (Å²) in [5.41, 5.74) is -0.132. The van der Waals surface area contributed by atoms with Gasteiger partial charge >= 0.3 is 5.97 Å². The van der Waals surface area contributed by atoms with Gasteiger partial charge in [-0.2, -0.15) is 0 Å². The number of carbonyl (C=O) groups excluding carboxylic acids is 2. The van der Waals surface area contributed by atoms with E-state index in [2.05, 4.69) is 0 Å². The minimum absolute atomic E-state index is 0.0343. The minimum Gasteiger partial charge on any atom is -0.482 e. The Bertz CT molecular complexity index is 747. The number of benzene rings is 1. The molecule has 0 aromatic heterocycles. The van der Waals surface area contributed by atoms with Crippen LogP contribution in [0, 0.1) is 16.0 Å². The second-order valence-corrected chi connectivity index (χ2v) is 6.24. The van der Waals surface area contributed by atoms with Crippen molar-refractivity contribution < 1.29 is 29.2 Å². The van der Waals surface area contributed by atoms with Gasteiger partial charge in [0.05, 0.1) is 10.6 Å². The number of hydrogen-bond donors (Lipinski definition) is 1. The van der Waals surface area contributed by atoms with Crippen LogP contribution in [0.2, 0.25) is 0 Å². The molecular weight excluding hydrogens is 346 g/mol. The first-order chi connectivity index (χ1) is 12.2. The predicted octanol–water partition coefficient (Wildman–Crippen LogP) is 0.889. The molecule has 0 fully saturated rings. The van der Waals surface area contributed by atoms with Crippen molar-refractivity contribution in [2.75, 3.05) is 31.1 Å². The number of carbonyl (C=O) groups is 3. The average molecular weight is 365 g/mol. The number of nitrogens with zero attached hydrogens (tertiary/aromatic N) is 3. The smallest absolute Gasteiger partial charge is 0.323 e. The number of nitro groups is 1. The molecule has 2 amide bonds. The minimum atomic E-state index is -1.16. The van der Waals surface area contributed by atoms with Gasteiger partial charge in [-0.15, -0.1) is 0 Å². The molecule has 10 heteroatoms. The summed E-state index contributed by atoms with van der Waals surface area (Å²) in [4.78, 5) is 48.3. The standard InChI is InChI=1S/C16H19N3O7/c1-10(2)6-17(8-16(22)23)14(20)7-18-12-5-11(19(24)25)3-4-13(12)26-9-15(18)21/h3-5,10H,6-9H2,1-2H3,(H,22,23). The van der Waals surface area contributed by atoms with Crippen molar-refractivity contribution in [3.63, 3.8) is 0 Å². The molecule has 26 heavy (non-hydrogen) atoms. The summed E-state index contributed by atoms with van der Waals surface area (Å²) in [6, 6.07) is 3.76. The lowest BCUT2D eigenvalue weighted by molar-refractivity contribution is -0.384. The Morgan fingerprint density at radius 2 is 2.12 bits per heavy atom. The van der Waals surface area contributed by atoms with Crippen LogP contribution in [0.25, 0.3) is 0 Å². The van der Waals surface area contributed by atoms with Crippen LogP contribution in [0.15, 0.2) is 18.2 Å². The van der Waals surface area contributed by atoms with E-state index in [0.29, 0.717) is 0 Å². The second-order valence-electron chi connectivity index (χ2n) is 6.24. The van der Waals surface area contributed by atoms with Crippen LogP contribution < -0.4 is 9.64 Å². The number of amides is 2. The fraction of sp³-hybridized carbons (Fsp3) is 0.438. The lowest BCUT2D eigenvalue weighted by Gasteiger charge is -2.31. The largest absolute Gasteiger partial charge is 0.482 e. The summed E-state index contributed by atoms with van der Waals surface area (Å²) in [6.45, 7) is 2.67. The zero-order chi connectivity index (χ0) is 19.4. The van der Waals surface area contributed by atoms with Crippen molar-refractivity contribution in [2.24, 2.45) is 5.92 Å². The molecule has 10 nitrogen and oxygen atoms in total. The van der Waals surface area contributed by atoms with E-state index in [0.717, 1.165) is 15.9 Å². The van der Waals surface area contributed by atoms with E-state index in [1.165, 1.54) is 12.1 Å². The number of anilines is 1. The highest BCUT2D eigenvalue weighted by Crippen LogP contribution is 2.35. The molecule has 1 aliphatic rings. The third kappa shape index (κ3) is 4.47. The van der Waals surface area contributed by atoms with Crippen LogP contribution in [-0.4, -0.2) is 59.0 Å². The van der Waals surface area contributed by atoms with Gasteiger partial charge in [0.25, 0.3) is 11.6 Å². The molecule has 0 radical (unpaired) electrons. The van der Waals surface area contributed by atoms with E-state index in [-0.39, 0.29) is 36.2 Å². The molecule has 0 aliphatic carbocycles. The first-order valence-corrected chi connectivity index (χ1v) is 7.90. The van der Waals surface area contributed by atoms with Crippen molar-refractivity contribution in [1.29, 1.82) is 0 Å². The molecule has 1 aliphatic heterocycles. The van der Waals surface area contributed by atoms with Gasteiger partial charge in [-0.1, -0.05) is 13.8 Å². The molecule has 0 saturated carbocycles. The quantitative estimate of drug-likeness (QED) is 0.561. The highest BCUT2D eigenvalue weighted by molar-refractivity contribution is 6.02. The predicted molar refractivity (Wildman–Crippen MR) is 90.0 cm³/mol. The second kappa shape index (κ2) is 7.81. The number of aliphatic carboxylic acids is 1. The number of carboxylic acid groups (broad SMARTS) is 1. The van der Waals surface area contributed by atoms with Gasteiger partial charge in [0.1, 0.15) is 18.8 Å². The van der Waals surface area contributed by atoms with Gasteiger partial charge < -0.3 is 14.7 Å². The van der Waals surface area contributed by atoms with Crippen LogP contribution in [0.5, 0.6) is 5.75 Å². The molecule has 0 atom stereocenters. The summed E-state index contributed by atoms with van der Waals surface area (Å²) in [5.74, 6) is -1.98. The van der Waals surface area contributed by atoms with Gasteiger partial charge in [-0.05, 0) is 12.0 Å². The van der Waals surface area contributed by atoms with Crippen molar-refractivity contribution >= 4 is 29.2 Å². The summed E-state index contributed by atoms with van der Waals surface area (Å²) >= 11 is 0. The van der Waals surface area contributed by atoms with Gasteiger partial charge in [-0.25, -0.2) is 0 Å². The number of nitro benzene ring substituents is 1. The summed E-state index contributed by atoms with van der Waals surface area (Å²) < 4.78 is 5.24. The summed E-state index contributed by atoms with van der Waals surface area (Å²) in [6.07, 6.45) is 0. The SMILES string of the molecule is CC(C)CN(CC(=O)O)C(=O)CN1C(=O)COc2ccc([N+](=O)[O-])cc21. The van der Waals surface area contributed by atoms with Gasteiger partial charge in [-0.3, -0.25) is 29.4 Å². The molecular formula is C16H19N3O7. The van der Waals surface area contributed by atoms with Crippen molar-refractivity contribution in [1.82, 2.24) is 4.90 Å². The molecule has 0 unspecified atom stereocenters. The Kier molecular flexibility index (Phi) is 5.75. The van der Waals surface area contributed by atoms with Crippen LogP contribution in [-0.2, 0) is 14.4 Å². The first-order valence-electron chi connectivity index (χ1n) is 7.90. The Labute approximate surface area is 149 Å². The maximum Gasteiger partial charge on any atom is 0.323 e. The van der Waals surface area contributed by atoms with Crippen LogP contribution >= 0.6 is 0 Å². The van der Waals surface area contributed by atoms with Gasteiger partial charge in [0, 0.05) is 18.7 Å². The van der Waals surface area contributed by atoms with Crippen molar-refractivity contribution in [2.45, 2.75) is 13.8 Å². The van der Waals surface area contributed by atoms with Gasteiger partial charge in [0.2, 0.25) is 5.91 Å². The monoisotopic (exact) mass is 365 g/mol. The third-order valence-electron chi connectivity index (χ3n) is 3.65. The molecule has 2 rings (SSSR count). The van der Waals surface area contributed by atoms with Gasteiger partial charge in [0.15, 0.2) is 6.61 Å². The topological polar surface area (TPSA) is 130 Å². The lowest BCUT2D eigenvalue weighted by Crippen LogP contribution is -2.48. The Hall–Kier alpha value is -3.17. The Morgan fingerprint density at radius 1 is 1.42 bits per heavy atom. The van der Waals surface area contributed by atoms with E-state index in [4.69, 9.17) is 9.84 Å². The Balaban J connectivity index is 2.28. The third-order valence-corrected chi connectivity index (χ3v) is 3.65. The molecule has 0 bridgehead atoms. The molecule has 140 valence electrons. The molecule has 1 aromatic rings. The van der Waals surface area contributed by atoms with E-state index < -0.39 is 35.8 Å². The summed E-state index contributed by atoms with van der Waals surface area (Å²) in [5, 5.41) is 20.0. The highest BCUT2D eigenvalue weighted by Gasteiger charge is 2.31. The van der Waals surface area contributed by atoms with Crippen molar-refractivity contribution in [3.05, 3.63) is 28.3 Å². The zero-order valence-electron chi connectivity index (χ0n) is 14.4. The van der Waals surface area contributed by atoms with E-state index in [9.17, 15) is 24.5 Å². The molecule has 0 spiro atoms. The number of hydrogen-bond acceptors (Lipinski definition) is 6. The maximum atomic E-state index is 12.6. The number of ether oxygens (including phenoxy) is 1. The summed E-state index contributed by atoms with van der Waals surface area (Å²) in [7, 11) is 0. The first kappa shape index (κ1) is 19.2. The van der Waals surface area contributed by atoms with Crippen LogP contribution in [0.1, 0.15) is 13.8 Å². The number of fused-ring (bicyclic) bond motifs is 1. The van der Waals surface area contributed by atoms with Crippen LogP contribution in [0.4, 0.5) is 11.4 Å². The molecule has 1 N–H and O–H groups in total. The zero-order valence-corrected chi connectivity index (χ0v) is 14.4. The van der Waals surface area contributed by atoms with E-state index in [1.54, 1.807) is 0 Å². The number of carboxylic acids is 1. The maximum absolute atomic E-state index is 12.6. The number of non-ortho nitro benzene ring substituents is 1. The number of rotatable bonds is 7. The molecule has 0 saturated heterocycles. The average Bonchev–Trinajstić information content (AvgIpc) is 2.55. The molecule has 1 heterocycles.